The van der Waals surface area contributed by atoms with E-state index in [2.05, 4.69) is 38.5 Å². The summed E-state index contributed by atoms with van der Waals surface area (Å²) < 4.78 is 5.12. The highest BCUT2D eigenvalue weighted by molar-refractivity contribution is 14.1. The minimum atomic E-state index is -1.06. The SMILES string of the molecule is COC(=O)[C@H](Cc1ccccc1)NC(=O)C(C)(C)[C@@H](C)NC(=O)[C@H](C)NC(=O)c1ccc(I)cc1.ClC(Cl)Cl. The third-order valence-corrected chi connectivity index (χ3v) is 6.67. The largest absolute Gasteiger partial charge is 0.467 e. The Morgan fingerprint density at radius 3 is 1.95 bits per heavy atom. The summed E-state index contributed by atoms with van der Waals surface area (Å²) >= 11 is 16.6. The minimum absolute atomic E-state index is 0.275. The zero-order valence-corrected chi connectivity index (χ0v) is 26.7. The van der Waals surface area contributed by atoms with Crippen LogP contribution in [0.4, 0.5) is 0 Å². The molecule has 2 rings (SSSR count). The summed E-state index contributed by atoms with van der Waals surface area (Å²) in [5, 5.41) is 8.23. The highest BCUT2D eigenvalue weighted by Gasteiger charge is 2.38. The number of carbonyl (C=O) groups is 4. The summed E-state index contributed by atoms with van der Waals surface area (Å²) in [6.45, 7) is 6.64. The average Bonchev–Trinajstić information content (AvgIpc) is 2.88. The Labute approximate surface area is 258 Å². The van der Waals surface area contributed by atoms with E-state index >= 15 is 0 Å². The summed E-state index contributed by atoms with van der Waals surface area (Å²) in [5.41, 5.74) is 0.267. The Hall–Kier alpha value is -2.08. The second-order valence-corrected chi connectivity index (χ2v) is 12.4. The molecule has 214 valence electrons. The van der Waals surface area contributed by atoms with E-state index in [1.165, 1.54) is 7.11 Å². The monoisotopic (exact) mass is 711 g/mol. The molecule has 0 heterocycles. The number of alkyl halides is 3. The third-order valence-electron chi connectivity index (χ3n) is 5.95. The average molecular weight is 713 g/mol. The number of hydrogen-bond donors (Lipinski definition) is 3. The number of ether oxygens (including phenoxy) is 1. The van der Waals surface area contributed by atoms with Gasteiger partial charge in [-0.05, 0) is 80.1 Å². The van der Waals surface area contributed by atoms with Crippen LogP contribution in [0.15, 0.2) is 54.6 Å². The number of benzene rings is 2. The highest BCUT2D eigenvalue weighted by Crippen LogP contribution is 2.22. The van der Waals surface area contributed by atoms with Crippen LogP contribution in [-0.2, 0) is 25.5 Å². The van der Waals surface area contributed by atoms with E-state index in [9.17, 15) is 19.2 Å². The molecule has 2 aromatic carbocycles. The molecule has 0 spiro atoms. The molecule has 3 N–H and O–H groups in total. The standard InChI is InChI=1S/C26H32IN3O5.CHCl3/c1-16(28-23(32)19-11-13-20(27)14-12-19)22(31)29-17(2)26(3,4)25(34)30-21(24(33)35-5)15-18-9-7-6-8-10-18;2-1(3)4/h6-14,16-17,21H,15H2,1-5H3,(H,28,32)(H,29,31)(H,30,34);1H/t16-,17+,21-;/m0./s1. The van der Waals surface area contributed by atoms with Crippen molar-refractivity contribution >= 4 is 81.1 Å². The topological polar surface area (TPSA) is 114 Å². The Bertz CT molecular complexity index is 1100. The van der Waals surface area contributed by atoms with Gasteiger partial charge in [0.05, 0.1) is 12.5 Å². The molecular formula is C27H33Cl3IN3O5. The molecule has 0 radical (unpaired) electrons. The molecule has 0 unspecified atom stereocenters. The molecule has 0 aliphatic carbocycles. The summed E-state index contributed by atoms with van der Waals surface area (Å²) in [5.74, 6) is -1.75. The van der Waals surface area contributed by atoms with Gasteiger partial charge in [0, 0.05) is 21.6 Å². The summed E-state index contributed by atoms with van der Waals surface area (Å²) in [4.78, 5) is 50.6. The Kier molecular flexibility index (Phi) is 15.1. The van der Waals surface area contributed by atoms with Gasteiger partial charge in [0.1, 0.15) is 12.1 Å². The molecule has 39 heavy (non-hydrogen) atoms. The van der Waals surface area contributed by atoms with Crippen molar-refractivity contribution in [3.05, 3.63) is 69.3 Å². The van der Waals surface area contributed by atoms with E-state index in [0.29, 0.717) is 5.56 Å². The maximum atomic E-state index is 13.1. The number of esters is 1. The van der Waals surface area contributed by atoms with E-state index in [0.717, 1.165) is 9.13 Å². The zero-order valence-electron chi connectivity index (χ0n) is 22.3. The maximum absolute atomic E-state index is 13.1. The lowest BCUT2D eigenvalue weighted by molar-refractivity contribution is -0.146. The summed E-state index contributed by atoms with van der Waals surface area (Å²) in [7, 11) is 1.27. The number of hydrogen-bond acceptors (Lipinski definition) is 5. The normalized spacial score (nSPS) is 13.2. The van der Waals surface area contributed by atoms with Crippen LogP contribution < -0.4 is 16.0 Å². The molecule has 0 fully saturated rings. The van der Waals surface area contributed by atoms with Crippen molar-refractivity contribution in [2.75, 3.05) is 7.11 Å². The molecule has 2 aromatic rings. The van der Waals surface area contributed by atoms with Crippen LogP contribution in [0.3, 0.4) is 0 Å². The number of amides is 3. The van der Waals surface area contributed by atoms with Gasteiger partial charge < -0.3 is 20.7 Å². The molecule has 0 aliphatic rings. The van der Waals surface area contributed by atoms with E-state index < -0.39 is 45.6 Å². The van der Waals surface area contributed by atoms with Crippen molar-refractivity contribution in [1.82, 2.24) is 16.0 Å². The number of halogens is 4. The van der Waals surface area contributed by atoms with Gasteiger partial charge in [0.2, 0.25) is 11.8 Å². The van der Waals surface area contributed by atoms with Gasteiger partial charge in [0.15, 0.2) is 4.30 Å². The minimum Gasteiger partial charge on any atom is -0.467 e. The first-order valence-electron chi connectivity index (χ1n) is 11.9. The Morgan fingerprint density at radius 1 is 0.897 bits per heavy atom. The van der Waals surface area contributed by atoms with Gasteiger partial charge >= 0.3 is 5.97 Å². The van der Waals surface area contributed by atoms with Crippen LogP contribution in [0.25, 0.3) is 0 Å². The molecule has 0 saturated carbocycles. The second-order valence-electron chi connectivity index (χ2n) is 9.14. The highest BCUT2D eigenvalue weighted by atomic mass is 127. The van der Waals surface area contributed by atoms with Gasteiger partial charge in [-0.15, -0.1) is 0 Å². The van der Waals surface area contributed by atoms with Crippen LogP contribution in [0, 0.1) is 8.99 Å². The fourth-order valence-corrected chi connectivity index (χ4v) is 3.55. The molecule has 0 aliphatic heterocycles. The smallest absolute Gasteiger partial charge is 0.328 e. The third kappa shape index (κ3) is 12.3. The number of nitrogens with one attached hydrogen (secondary N) is 3. The molecule has 0 aromatic heterocycles. The fourth-order valence-electron chi connectivity index (χ4n) is 3.19. The quantitative estimate of drug-likeness (QED) is 0.186. The second kappa shape index (κ2) is 16.9. The number of methoxy groups -OCH3 is 1. The first-order chi connectivity index (χ1) is 18.2. The fraction of sp³-hybridized carbons (Fsp3) is 0.407. The van der Waals surface area contributed by atoms with Crippen LogP contribution >= 0.6 is 57.4 Å². The lowest BCUT2D eigenvalue weighted by Crippen LogP contribution is -2.57. The molecule has 0 bridgehead atoms. The Morgan fingerprint density at radius 2 is 1.44 bits per heavy atom. The molecular weight excluding hydrogens is 680 g/mol. The van der Waals surface area contributed by atoms with Crippen LogP contribution in [0.2, 0.25) is 0 Å². The van der Waals surface area contributed by atoms with Gasteiger partial charge in [-0.3, -0.25) is 14.4 Å². The van der Waals surface area contributed by atoms with E-state index in [1.807, 2.05) is 42.5 Å². The van der Waals surface area contributed by atoms with Crippen molar-refractivity contribution in [2.24, 2.45) is 5.41 Å². The van der Waals surface area contributed by atoms with Crippen molar-refractivity contribution < 1.29 is 23.9 Å². The Balaban J connectivity index is 0.00000177. The predicted molar refractivity (Wildman–Crippen MR) is 163 cm³/mol. The van der Waals surface area contributed by atoms with Crippen LogP contribution in [-0.4, -0.2) is 53.2 Å². The molecule has 8 nitrogen and oxygen atoms in total. The molecule has 12 heteroatoms. The van der Waals surface area contributed by atoms with Gasteiger partial charge in [-0.1, -0.05) is 65.1 Å². The lowest BCUT2D eigenvalue weighted by Gasteiger charge is -2.33. The van der Waals surface area contributed by atoms with Crippen molar-refractivity contribution in [1.29, 1.82) is 0 Å². The molecule has 3 atom stereocenters. The van der Waals surface area contributed by atoms with Crippen molar-refractivity contribution in [3.8, 4) is 0 Å². The van der Waals surface area contributed by atoms with Crippen molar-refractivity contribution in [3.63, 3.8) is 0 Å². The first kappa shape index (κ1) is 34.9. The maximum Gasteiger partial charge on any atom is 0.328 e. The van der Waals surface area contributed by atoms with E-state index in [-0.39, 0.29) is 12.3 Å². The number of carbonyl (C=O) groups excluding carboxylic acids is 4. The first-order valence-corrected chi connectivity index (χ1v) is 14.3. The number of rotatable bonds is 10. The van der Waals surface area contributed by atoms with Gasteiger partial charge in [-0.25, -0.2) is 4.79 Å². The summed E-state index contributed by atoms with van der Waals surface area (Å²) in [6, 6.07) is 14.0. The molecule has 0 saturated heterocycles. The van der Waals surface area contributed by atoms with Crippen molar-refractivity contribution in [2.45, 2.75) is 56.5 Å². The summed E-state index contributed by atoms with van der Waals surface area (Å²) in [6.07, 6.45) is 0.275. The van der Waals surface area contributed by atoms with Gasteiger partial charge in [-0.2, -0.15) is 0 Å². The van der Waals surface area contributed by atoms with Crippen LogP contribution in [0.5, 0.6) is 0 Å². The van der Waals surface area contributed by atoms with E-state index in [1.54, 1.807) is 39.8 Å². The van der Waals surface area contributed by atoms with Gasteiger partial charge in [0.25, 0.3) is 5.91 Å². The van der Waals surface area contributed by atoms with Crippen LogP contribution in [0.1, 0.15) is 43.6 Å². The predicted octanol–water partition coefficient (Wildman–Crippen LogP) is 4.83. The van der Waals surface area contributed by atoms with E-state index in [4.69, 9.17) is 39.5 Å². The molecule has 3 amide bonds. The lowest BCUT2D eigenvalue weighted by atomic mass is 9.83. The zero-order chi connectivity index (χ0) is 29.8.